The first-order valence-electron chi connectivity index (χ1n) is 10.0. The van der Waals surface area contributed by atoms with Crippen molar-refractivity contribution < 1.29 is 5.11 Å². The summed E-state index contributed by atoms with van der Waals surface area (Å²) in [4.78, 5) is 16.1. The van der Waals surface area contributed by atoms with E-state index in [4.69, 9.17) is 0 Å². The van der Waals surface area contributed by atoms with Gasteiger partial charge in [-0.3, -0.25) is 9.79 Å². The first-order valence-corrected chi connectivity index (χ1v) is 10.0. The fourth-order valence-electron chi connectivity index (χ4n) is 3.19. The van der Waals surface area contributed by atoms with E-state index in [9.17, 15) is 9.90 Å². The predicted molar refractivity (Wildman–Crippen MR) is 121 cm³/mol. The standard InChI is InChI=1S/C24H28N4O2/c1-25-24(27-16-22(18-29)21-7-3-2-4-8-21)26-15-19-10-12-20(13-11-19)17-28-14-6-5-9-23(28)30/h2-14,22,29H,15-18H2,1H3,(H2,25,26,27). The molecule has 1 unspecified atom stereocenters. The topological polar surface area (TPSA) is 78.7 Å². The fourth-order valence-corrected chi connectivity index (χ4v) is 3.19. The van der Waals surface area contributed by atoms with E-state index in [0.29, 0.717) is 25.6 Å². The van der Waals surface area contributed by atoms with Crippen molar-refractivity contribution in [3.8, 4) is 0 Å². The summed E-state index contributed by atoms with van der Waals surface area (Å²) in [5, 5.41) is 16.3. The van der Waals surface area contributed by atoms with Gasteiger partial charge in [-0.05, 0) is 22.8 Å². The molecule has 0 saturated carbocycles. The number of nitrogens with one attached hydrogen (secondary N) is 2. The number of nitrogens with zero attached hydrogens (tertiary/aromatic N) is 2. The van der Waals surface area contributed by atoms with Crippen LogP contribution in [0, 0.1) is 0 Å². The van der Waals surface area contributed by atoms with Crippen LogP contribution >= 0.6 is 0 Å². The second kappa shape index (κ2) is 11.0. The number of hydrogen-bond acceptors (Lipinski definition) is 3. The summed E-state index contributed by atoms with van der Waals surface area (Å²) >= 11 is 0. The molecule has 1 atom stereocenters. The molecule has 1 aromatic heterocycles. The van der Waals surface area contributed by atoms with Crippen LogP contribution in [0.15, 0.2) is 88.8 Å². The molecule has 6 heteroatoms. The zero-order valence-corrected chi connectivity index (χ0v) is 17.2. The average Bonchev–Trinajstić information content (AvgIpc) is 2.79. The number of aromatic nitrogens is 1. The second-order valence-corrected chi connectivity index (χ2v) is 7.08. The molecule has 156 valence electrons. The van der Waals surface area contributed by atoms with Crippen LogP contribution in [0.25, 0.3) is 0 Å². The Hall–Kier alpha value is -3.38. The zero-order valence-electron chi connectivity index (χ0n) is 17.2. The van der Waals surface area contributed by atoms with E-state index in [-0.39, 0.29) is 18.1 Å². The van der Waals surface area contributed by atoms with Crippen LogP contribution in [0.4, 0.5) is 0 Å². The Balaban J connectivity index is 1.51. The predicted octanol–water partition coefficient (Wildman–Crippen LogP) is 2.34. The lowest BCUT2D eigenvalue weighted by atomic mass is 10.0. The van der Waals surface area contributed by atoms with Crippen molar-refractivity contribution in [2.75, 3.05) is 20.2 Å². The molecule has 0 bridgehead atoms. The molecule has 0 aliphatic rings. The highest BCUT2D eigenvalue weighted by Gasteiger charge is 2.10. The molecule has 0 amide bonds. The number of hydrogen-bond donors (Lipinski definition) is 3. The van der Waals surface area contributed by atoms with Gasteiger partial charge in [0.1, 0.15) is 0 Å². The van der Waals surface area contributed by atoms with E-state index >= 15 is 0 Å². The van der Waals surface area contributed by atoms with E-state index < -0.39 is 0 Å². The van der Waals surface area contributed by atoms with Gasteiger partial charge in [-0.1, -0.05) is 60.7 Å². The van der Waals surface area contributed by atoms with Crippen molar-refractivity contribution in [2.24, 2.45) is 4.99 Å². The van der Waals surface area contributed by atoms with Crippen LogP contribution in [0.1, 0.15) is 22.6 Å². The Morgan fingerprint density at radius 3 is 2.33 bits per heavy atom. The minimum absolute atomic E-state index is 0.00481. The molecule has 0 aliphatic heterocycles. The molecule has 0 spiro atoms. The normalized spacial score (nSPS) is 12.4. The smallest absolute Gasteiger partial charge is 0.250 e. The van der Waals surface area contributed by atoms with Gasteiger partial charge in [0.25, 0.3) is 5.56 Å². The molecule has 2 aromatic carbocycles. The van der Waals surface area contributed by atoms with E-state index in [0.717, 1.165) is 16.7 Å². The van der Waals surface area contributed by atoms with Crippen LogP contribution in [0.3, 0.4) is 0 Å². The Morgan fingerprint density at radius 1 is 0.967 bits per heavy atom. The highest BCUT2D eigenvalue weighted by molar-refractivity contribution is 5.79. The molecule has 3 aromatic rings. The second-order valence-electron chi connectivity index (χ2n) is 7.08. The lowest BCUT2D eigenvalue weighted by molar-refractivity contribution is 0.265. The van der Waals surface area contributed by atoms with Gasteiger partial charge in [0.05, 0.1) is 13.2 Å². The lowest BCUT2D eigenvalue weighted by Gasteiger charge is -2.18. The first-order chi connectivity index (χ1) is 14.7. The molecule has 0 fully saturated rings. The van der Waals surface area contributed by atoms with Crippen molar-refractivity contribution in [1.29, 1.82) is 0 Å². The maximum absolute atomic E-state index is 11.8. The van der Waals surface area contributed by atoms with Gasteiger partial charge < -0.3 is 20.3 Å². The minimum Gasteiger partial charge on any atom is -0.396 e. The van der Waals surface area contributed by atoms with Gasteiger partial charge >= 0.3 is 0 Å². The van der Waals surface area contributed by atoms with Crippen LogP contribution in [-0.2, 0) is 13.1 Å². The van der Waals surface area contributed by atoms with Gasteiger partial charge in [-0.25, -0.2) is 0 Å². The van der Waals surface area contributed by atoms with Gasteiger partial charge in [0, 0.05) is 38.3 Å². The monoisotopic (exact) mass is 404 g/mol. The van der Waals surface area contributed by atoms with Crippen molar-refractivity contribution in [3.05, 3.63) is 106 Å². The minimum atomic E-state index is -0.00481. The third-order valence-electron chi connectivity index (χ3n) is 4.97. The Morgan fingerprint density at radius 2 is 1.67 bits per heavy atom. The summed E-state index contributed by atoms with van der Waals surface area (Å²) in [6.07, 6.45) is 1.79. The van der Waals surface area contributed by atoms with Gasteiger partial charge in [0.15, 0.2) is 5.96 Å². The maximum atomic E-state index is 11.8. The molecule has 0 aliphatic carbocycles. The number of benzene rings is 2. The van der Waals surface area contributed by atoms with Gasteiger partial charge in [0.2, 0.25) is 0 Å². The molecule has 3 N–H and O–H groups in total. The summed E-state index contributed by atoms with van der Waals surface area (Å²) in [5.74, 6) is 0.690. The van der Waals surface area contributed by atoms with E-state index in [1.54, 1.807) is 29.9 Å². The number of guanidine groups is 1. The highest BCUT2D eigenvalue weighted by Crippen LogP contribution is 2.13. The first kappa shape index (κ1) is 21.3. The summed E-state index contributed by atoms with van der Waals surface area (Å²) < 4.78 is 1.68. The molecular formula is C24H28N4O2. The molecule has 0 saturated heterocycles. The summed E-state index contributed by atoms with van der Waals surface area (Å²) in [7, 11) is 1.73. The SMILES string of the molecule is CN=C(NCc1ccc(Cn2ccccc2=O)cc1)NCC(CO)c1ccccc1. The molecular weight excluding hydrogens is 376 g/mol. The van der Waals surface area contributed by atoms with Crippen LogP contribution in [0.5, 0.6) is 0 Å². The Kier molecular flexibility index (Phi) is 7.80. The quantitative estimate of drug-likeness (QED) is 0.398. The largest absolute Gasteiger partial charge is 0.396 e. The van der Waals surface area contributed by atoms with Crippen LogP contribution in [0.2, 0.25) is 0 Å². The number of pyridine rings is 1. The van der Waals surface area contributed by atoms with E-state index in [1.165, 1.54) is 0 Å². The summed E-state index contributed by atoms with van der Waals surface area (Å²) in [5.41, 5.74) is 3.28. The third-order valence-corrected chi connectivity index (χ3v) is 4.97. The molecule has 1 heterocycles. The number of aliphatic imine (C=N–C) groups is 1. The van der Waals surface area contributed by atoms with Gasteiger partial charge in [-0.2, -0.15) is 0 Å². The zero-order chi connectivity index (χ0) is 21.2. The molecule has 3 rings (SSSR count). The van der Waals surface area contributed by atoms with E-state index in [2.05, 4.69) is 15.6 Å². The number of rotatable bonds is 8. The van der Waals surface area contributed by atoms with Crippen LogP contribution in [-0.4, -0.2) is 35.8 Å². The fraction of sp³-hybridized carbons (Fsp3) is 0.250. The molecule has 6 nitrogen and oxygen atoms in total. The lowest BCUT2D eigenvalue weighted by Crippen LogP contribution is -2.39. The maximum Gasteiger partial charge on any atom is 0.250 e. The van der Waals surface area contributed by atoms with E-state index in [1.807, 2.05) is 60.7 Å². The molecule has 30 heavy (non-hydrogen) atoms. The summed E-state index contributed by atoms with van der Waals surface area (Å²) in [6.45, 7) is 1.84. The Labute approximate surface area is 176 Å². The number of aliphatic hydroxyl groups excluding tert-OH is 1. The summed E-state index contributed by atoms with van der Waals surface area (Å²) in [6, 6.07) is 23.3. The molecule has 0 radical (unpaired) electrons. The number of aliphatic hydroxyl groups is 1. The van der Waals surface area contributed by atoms with Crippen molar-refractivity contribution in [1.82, 2.24) is 15.2 Å². The van der Waals surface area contributed by atoms with Crippen LogP contribution < -0.4 is 16.2 Å². The highest BCUT2D eigenvalue weighted by atomic mass is 16.3. The van der Waals surface area contributed by atoms with Crippen molar-refractivity contribution in [2.45, 2.75) is 19.0 Å². The Bertz CT molecular complexity index is 997. The van der Waals surface area contributed by atoms with Crippen molar-refractivity contribution >= 4 is 5.96 Å². The van der Waals surface area contributed by atoms with Crippen molar-refractivity contribution in [3.63, 3.8) is 0 Å². The third kappa shape index (κ3) is 6.06. The average molecular weight is 405 g/mol. The van der Waals surface area contributed by atoms with Gasteiger partial charge in [-0.15, -0.1) is 0 Å².